The van der Waals surface area contributed by atoms with Crippen LogP contribution in [0.5, 0.6) is 0 Å². The van der Waals surface area contributed by atoms with Crippen LogP contribution in [0.2, 0.25) is 0 Å². The number of anilines is 1. The summed E-state index contributed by atoms with van der Waals surface area (Å²) < 4.78 is 49.8. The Kier molecular flexibility index (Phi) is 6.02. The summed E-state index contributed by atoms with van der Waals surface area (Å²) in [6, 6.07) is 5.53. The molecule has 0 aliphatic rings. The standard InChI is InChI=1S/C14H12F4N4O2S/c15-9-3-1-8(2-4-9)7-19-10(23)5-6-11(24)20-13-22-21-12(25-13)14(16,17)18/h1-4H,5-7H2,(H,19,23)(H,20,22,24). The molecule has 0 radical (unpaired) electrons. The number of nitrogens with one attached hydrogen (secondary N) is 2. The van der Waals surface area contributed by atoms with E-state index >= 15 is 0 Å². The third-order valence-corrected chi connectivity index (χ3v) is 3.78. The fraction of sp³-hybridized carbons (Fsp3) is 0.286. The van der Waals surface area contributed by atoms with Crippen LogP contribution in [0.4, 0.5) is 22.7 Å². The number of benzene rings is 1. The van der Waals surface area contributed by atoms with Gasteiger partial charge in [0.1, 0.15) is 5.82 Å². The predicted octanol–water partition coefficient (Wildman–Crippen LogP) is 2.73. The zero-order valence-electron chi connectivity index (χ0n) is 12.6. The number of carbonyl (C=O) groups excluding carboxylic acids is 2. The van der Waals surface area contributed by atoms with E-state index in [2.05, 4.69) is 20.8 Å². The highest BCUT2D eigenvalue weighted by molar-refractivity contribution is 7.15. The van der Waals surface area contributed by atoms with Gasteiger partial charge in [-0.3, -0.25) is 9.59 Å². The number of alkyl halides is 3. The highest BCUT2D eigenvalue weighted by Gasteiger charge is 2.35. The minimum atomic E-state index is -4.62. The first-order valence-corrected chi connectivity index (χ1v) is 7.77. The largest absolute Gasteiger partial charge is 0.445 e. The lowest BCUT2D eigenvalue weighted by Crippen LogP contribution is -2.24. The molecule has 0 aliphatic carbocycles. The summed E-state index contributed by atoms with van der Waals surface area (Å²) in [6.45, 7) is 0.173. The van der Waals surface area contributed by atoms with Crippen molar-refractivity contribution in [2.45, 2.75) is 25.6 Å². The minimum Gasteiger partial charge on any atom is -0.352 e. The van der Waals surface area contributed by atoms with E-state index in [9.17, 15) is 27.2 Å². The number of nitrogens with zero attached hydrogens (tertiary/aromatic N) is 2. The minimum absolute atomic E-state index is 0.155. The maximum absolute atomic E-state index is 12.7. The molecule has 2 aromatic rings. The van der Waals surface area contributed by atoms with Crippen LogP contribution in [-0.2, 0) is 22.3 Å². The first-order valence-electron chi connectivity index (χ1n) is 6.96. The Morgan fingerprint density at radius 1 is 1.04 bits per heavy atom. The van der Waals surface area contributed by atoms with Gasteiger partial charge in [0, 0.05) is 19.4 Å². The Morgan fingerprint density at radius 3 is 2.28 bits per heavy atom. The molecule has 0 fully saturated rings. The van der Waals surface area contributed by atoms with Gasteiger partial charge < -0.3 is 10.6 Å². The molecule has 1 aromatic heterocycles. The first-order chi connectivity index (χ1) is 11.7. The van der Waals surface area contributed by atoms with Crippen molar-refractivity contribution in [1.29, 1.82) is 0 Å². The molecule has 2 amide bonds. The average molecular weight is 376 g/mol. The number of amides is 2. The normalized spacial score (nSPS) is 11.2. The van der Waals surface area contributed by atoms with Crippen LogP contribution in [-0.4, -0.2) is 22.0 Å². The van der Waals surface area contributed by atoms with Crippen LogP contribution in [0.25, 0.3) is 0 Å². The maximum Gasteiger partial charge on any atom is 0.445 e. The molecular weight excluding hydrogens is 364 g/mol. The van der Waals surface area contributed by atoms with E-state index in [0.717, 1.165) is 0 Å². The van der Waals surface area contributed by atoms with Crippen molar-refractivity contribution in [1.82, 2.24) is 15.5 Å². The van der Waals surface area contributed by atoms with Crippen molar-refractivity contribution in [3.63, 3.8) is 0 Å². The van der Waals surface area contributed by atoms with Gasteiger partial charge >= 0.3 is 6.18 Å². The van der Waals surface area contributed by atoms with Crippen LogP contribution in [0.1, 0.15) is 23.4 Å². The van der Waals surface area contributed by atoms with Gasteiger partial charge in [0.05, 0.1) is 0 Å². The molecule has 0 aliphatic heterocycles. The molecule has 0 spiro atoms. The summed E-state index contributed by atoms with van der Waals surface area (Å²) in [5.74, 6) is -1.47. The number of halogens is 4. The van der Waals surface area contributed by atoms with Crippen molar-refractivity contribution >= 4 is 28.3 Å². The molecular formula is C14H12F4N4O2S. The van der Waals surface area contributed by atoms with Crippen LogP contribution < -0.4 is 10.6 Å². The van der Waals surface area contributed by atoms with E-state index in [1.807, 2.05) is 0 Å². The first kappa shape index (κ1) is 18.8. The molecule has 6 nitrogen and oxygen atoms in total. The van der Waals surface area contributed by atoms with E-state index in [-0.39, 0.29) is 35.9 Å². The number of hydrogen-bond acceptors (Lipinski definition) is 5. The summed E-state index contributed by atoms with van der Waals surface area (Å²) in [4.78, 5) is 23.2. The Balaban J connectivity index is 1.73. The molecule has 1 aromatic carbocycles. The fourth-order valence-corrected chi connectivity index (χ4v) is 2.32. The molecule has 0 atom stereocenters. The van der Waals surface area contributed by atoms with E-state index in [0.29, 0.717) is 5.56 Å². The van der Waals surface area contributed by atoms with Gasteiger partial charge in [-0.1, -0.05) is 23.5 Å². The quantitative estimate of drug-likeness (QED) is 0.760. The van der Waals surface area contributed by atoms with Gasteiger partial charge in [0.2, 0.25) is 22.0 Å². The van der Waals surface area contributed by atoms with E-state index in [1.54, 1.807) is 0 Å². The van der Waals surface area contributed by atoms with Gasteiger partial charge in [-0.2, -0.15) is 13.2 Å². The average Bonchev–Trinajstić information content (AvgIpc) is 3.01. The summed E-state index contributed by atoms with van der Waals surface area (Å²) in [5, 5.41) is 9.39. The SMILES string of the molecule is O=C(CCC(=O)Nc1nnc(C(F)(F)F)s1)NCc1ccc(F)cc1. The molecule has 2 N–H and O–H groups in total. The lowest BCUT2D eigenvalue weighted by atomic mass is 10.2. The molecule has 1 heterocycles. The summed E-state index contributed by atoms with van der Waals surface area (Å²) in [5.41, 5.74) is 0.688. The van der Waals surface area contributed by atoms with Crippen molar-refractivity contribution in [3.8, 4) is 0 Å². The third kappa shape index (κ3) is 6.10. The molecule has 11 heteroatoms. The second kappa shape index (κ2) is 8.01. The smallest absolute Gasteiger partial charge is 0.352 e. The van der Waals surface area contributed by atoms with Gasteiger partial charge in [-0.25, -0.2) is 4.39 Å². The highest BCUT2D eigenvalue weighted by Crippen LogP contribution is 2.32. The van der Waals surface area contributed by atoms with Crippen molar-refractivity contribution < 1.29 is 27.2 Å². The van der Waals surface area contributed by atoms with Crippen molar-refractivity contribution in [2.75, 3.05) is 5.32 Å². The lowest BCUT2D eigenvalue weighted by Gasteiger charge is -2.05. The van der Waals surface area contributed by atoms with Gasteiger partial charge in [-0.15, -0.1) is 10.2 Å². The summed E-state index contributed by atoms with van der Waals surface area (Å²) >= 11 is 0.201. The topological polar surface area (TPSA) is 84.0 Å². The monoisotopic (exact) mass is 376 g/mol. The van der Waals surface area contributed by atoms with Crippen LogP contribution in [0.3, 0.4) is 0 Å². The zero-order valence-corrected chi connectivity index (χ0v) is 13.4. The number of carbonyl (C=O) groups is 2. The van der Waals surface area contributed by atoms with Crippen LogP contribution in [0, 0.1) is 5.82 Å². The predicted molar refractivity (Wildman–Crippen MR) is 81.0 cm³/mol. The number of hydrogen-bond donors (Lipinski definition) is 2. The molecule has 0 unspecified atom stereocenters. The second-order valence-corrected chi connectivity index (χ2v) is 5.84. The maximum atomic E-state index is 12.7. The van der Waals surface area contributed by atoms with Crippen molar-refractivity contribution in [2.24, 2.45) is 0 Å². The van der Waals surface area contributed by atoms with E-state index in [1.165, 1.54) is 24.3 Å². The van der Waals surface area contributed by atoms with Crippen LogP contribution >= 0.6 is 11.3 Å². The van der Waals surface area contributed by atoms with Gasteiger partial charge in [0.25, 0.3) is 0 Å². The molecule has 134 valence electrons. The Morgan fingerprint density at radius 2 is 1.68 bits per heavy atom. The molecule has 0 saturated heterocycles. The van der Waals surface area contributed by atoms with Gasteiger partial charge in [-0.05, 0) is 17.7 Å². The molecule has 0 saturated carbocycles. The second-order valence-electron chi connectivity index (χ2n) is 4.86. The highest BCUT2D eigenvalue weighted by atomic mass is 32.1. The van der Waals surface area contributed by atoms with E-state index in [4.69, 9.17) is 0 Å². The van der Waals surface area contributed by atoms with Crippen molar-refractivity contribution in [3.05, 3.63) is 40.7 Å². The Labute approximate surface area is 143 Å². The molecule has 0 bridgehead atoms. The zero-order chi connectivity index (χ0) is 18.4. The number of aromatic nitrogens is 2. The van der Waals surface area contributed by atoms with Gasteiger partial charge in [0.15, 0.2) is 0 Å². The lowest BCUT2D eigenvalue weighted by molar-refractivity contribution is -0.138. The third-order valence-electron chi connectivity index (χ3n) is 2.90. The summed E-state index contributed by atoms with van der Waals surface area (Å²) in [7, 11) is 0. The Bertz CT molecular complexity index is 746. The molecule has 25 heavy (non-hydrogen) atoms. The summed E-state index contributed by atoms with van der Waals surface area (Å²) in [6.07, 6.45) is -5.00. The number of rotatable bonds is 6. The van der Waals surface area contributed by atoms with Crippen LogP contribution in [0.15, 0.2) is 24.3 Å². The Hall–Kier alpha value is -2.56. The van der Waals surface area contributed by atoms with E-state index < -0.39 is 28.8 Å². The molecule has 2 rings (SSSR count). The fourth-order valence-electron chi connectivity index (χ4n) is 1.69.